The Labute approximate surface area is 119 Å². The average molecular weight is 281 g/mol. The van der Waals surface area contributed by atoms with Gasteiger partial charge in [-0.15, -0.1) is 11.3 Å². The summed E-state index contributed by atoms with van der Waals surface area (Å²) >= 11 is 1.67. The zero-order valence-electron chi connectivity index (χ0n) is 11.8. The third-order valence-electron chi connectivity index (χ3n) is 3.80. The highest BCUT2D eigenvalue weighted by atomic mass is 32.1. The van der Waals surface area contributed by atoms with E-state index >= 15 is 0 Å². The van der Waals surface area contributed by atoms with E-state index in [0.29, 0.717) is 19.5 Å². The van der Waals surface area contributed by atoms with Gasteiger partial charge in [0, 0.05) is 24.6 Å². The number of fused-ring (bicyclic) bond motifs is 1. The molecule has 4 heteroatoms. The molecule has 0 saturated heterocycles. The Kier molecular flexibility index (Phi) is 4.99. The van der Waals surface area contributed by atoms with Crippen LogP contribution in [-0.2, 0) is 12.8 Å². The molecule has 3 nitrogen and oxygen atoms in total. The summed E-state index contributed by atoms with van der Waals surface area (Å²) in [5, 5.41) is 8.89. The van der Waals surface area contributed by atoms with E-state index < -0.39 is 0 Å². The van der Waals surface area contributed by atoms with Gasteiger partial charge in [-0.3, -0.25) is 4.79 Å². The Morgan fingerprint density at radius 3 is 3.05 bits per heavy atom. The minimum absolute atomic E-state index is 0.128. The minimum Gasteiger partial charge on any atom is -0.396 e. The van der Waals surface area contributed by atoms with Crippen LogP contribution in [0.1, 0.15) is 46.8 Å². The molecule has 1 amide bonds. The van der Waals surface area contributed by atoms with Crippen LogP contribution < -0.4 is 0 Å². The van der Waals surface area contributed by atoms with Gasteiger partial charge in [0.25, 0.3) is 5.91 Å². The van der Waals surface area contributed by atoms with Crippen LogP contribution in [0.2, 0.25) is 0 Å². The summed E-state index contributed by atoms with van der Waals surface area (Å²) < 4.78 is 0. The third-order valence-corrected chi connectivity index (χ3v) is 5.02. The topological polar surface area (TPSA) is 40.5 Å². The highest BCUT2D eigenvalue weighted by molar-refractivity contribution is 7.14. The lowest BCUT2D eigenvalue weighted by atomic mass is 9.90. The Hall–Kier alpha value is -0.870. The molecule has 1 aromatic rings. The fourth-order valence-corrected chi connectivity index (χ4v) is 3.81. The van der Waals surface area contributed by atoms with Crippen LogP contribution in [-0.4, -0.2) is 35.6 Å². The predicted octanol–water partition coefficient (Wildman–Crippen LogP) is 2.72. The highest BCUT2D eigenvalue weighted by Crippen LogP contribution is 2.32. The van der Waals surface area contributed by atoms with Gasteiger partial charge in [-0.1, -0.05) is 6.92 Å². The van der Waals surface area contributed by atoms with Gasteiger partial charge in [0.15, 0.2) is 0 Å². The molecule has 1 atom stereocenters. The lowest BCUT2D eigenvalue weighted by Gasteiger charge is -2.19. The summed E-state index contributed by atoms with van der Waals surface area (Å²) in [6.45, 7) is 5.76. The van der Waals surface area contributed by atoms with Crippen molar-refractivity contribution in [3.05, 3.63) is 21.4 Å². The molecule has 1 N–H and O–H groups in total. The van der Waals surface area contributed by atoms with Gasteiger partial charge >= 0.3 is 0 Å². The molecule has 0 bridgehead atoms. The molecule has 0 spiro atoms. The predicted molar refractivity (Wildman–Crippen MR) is 78.8 cm³/mol. The number of aliphatic hydroxyl groups excluding tert-OH is 1. The van der Waals surface area contributed by atoms with E-state index in [1.54, 1.807) is 11.3 Å². The number of hydrogen-bond donors (Lipinski definition) is 1. The van der Waals surface area contributed by atoms with E-state index in [4.69, 9.17) is 5.11 Å². The van der Waals surface area contributed by atoms with Crippen molar-refractivity contribution in [2.24, 2.45) is 5.92 Å². The number of aryl methyl sites for hydroxylation is 1. The first-order valence-electron chi connectivity index (χ1n) is 7.17. The molecule has 0 fully saturated rings. The first-order valence-corrected chi connectivity index (χ1v) is 7.99. The van der Waals surface area contributed by atoms with Gasteiger partial charge in [0.2, 0.25) is 0 Å². The number of amides is 1. The van der Waals surface area contributed by atoms with Crippen LogP contribution in [0.5, 0.6) is 0 Å². The van der Waals surface area contributed by atoms with Crippen LogP contribution >= 0.6 is 11.3 Å². The lowest BCUT2D eigenvalue weighted by molar-refractivity contribution is 0.0759. The van der Waals surface area contributed by atoms with Crippen molar-refractivity contribution >= 4 is 17.2 Å². The summed E-state index contributed by atoms with van der Waals surface area (Å²) in [6.07, 6.45) is 4.13. The van der Waals surface area contributed by atoms with E-state index in [9.17, 15) is 4.79 Å². The third kappa shape index (κ3) is 3.37. The van der Waals surface area contributed by atoms with E-state index in [1.807, 2.05) is 11.8 Å². The fourth-order valence-electron chi connectivity index (χ4n) is 2.63. The molecule has 1 aliphatic rings. The highest BCUT2D eigenvalue weighted by Gasteiger charge is 2.22. The zero-order chi connectivity index (χ0) is 13.8. The smallest absolute Gasteiger partial charge is 0.263 e. The normalized spacial score (nSPS) is 18.2. The Balaban J connectivity index is 2.10. The van der Waals surface area contributed by atoms with Crippen molar-refractivity contribution in [2.75, 3.05) is 19.7 Å². The second kappa shape index (κ2) is 6.53. The molecule has 1 unspecified atom stereocenters. The molecule has 19 heavy (non-hydrogen) atoms. The molecule has 2 rings (SSSR count). The summed E-state index contributed by atoms with van der Waals surface area (Å²) in [5.41, 5.74) is 1.38. The molecule has 1 aliphatic carbocycles. The van der Waals surface area contributed by atoms with Crippen LogP contribution in [0.25, 0.3) is 0 Å². The number of nitrogens with zero attached hydrogens (tertiary/aromatic N) is 1. The number of carbonyl (C=O) groups is 1. The molecular weight excluding hydrogens is 258 g/mol. The van der Waals surface area contributed by atoms with Crippen molar-refractivity contribution in [3.8, 4) is 0 Å². The van der Waals surface area contributed by atoms with Gasteiger partial charge in [0.05, 0.1) is 4.88 Å². The fraction of sp³-hybridized carbons (Fsp3) is 0.667. The largest absolute Gasteiger partial charge is 0.396 e. The van der Waals surface area contributed by atoms with Crippen LogP contribution in [0.4, 0.5) is 0 Å². The van der Waals surface area contributed by atoms with E-state index in [-0.39, 0.29) is 12.5 Å². The Bertz CT molecular complexity index is 441. The quantitative estimate of drug-likeness (QED) is 0.901. The number of thiophene rings is 1. The van der Waals surface area contributed by atoms with Gasteiger partial charge in [0.1, 0.15) is 0 Å². The SMILES string of the molecule is CCN(CCCO)C(=O)c1cc2c(s1)CCC(C)C2. The lowest BCUT2D eigenvalue weighted by Crippen LogP contribution is -2.31. The van der Waals surface area contributed by atoms with Crippen molar-refractivity contribution in [3.63, 3.8) is 0 Å². The summed E-state index contributed by atoms with van der Waals surface area (Å²) in [4.78, 5) is 16.5. The second-order valence-electron chi connectivity index (χ2n) is 5.37. The number of rotatable bonds is 5. The molecule has 1 heterocycles. The van der Waals surface area contributed by atoms with Crippen molar-refractivity contribution < 1.29 is 9.90 Å². The monoisotopic (exact) mass is 281 g/mol. The number of carbonyl (C=O) groups excluding carboxylic acids is 1. The van der Waals surface area contributed by atoms with E-state index in [0.717, 1.165) is 23.6 Å². The van der Waals surface area contributed by atoms with Gasteiger partial charge in [-0.05, 0) is 50.2 Å². The van der Waals surface area contributed by atoms with Crippen LogP contribution in [0.15, 0.2) is 6.07 Å². The summed E-state index contributed by atoms with van der Waals surface area (Å²) in [6, 6.07) is 2.10. The molecule has 0 saturated carbocycles. The maximum Gasteiger partial charge on any atom is 0.263 e. The molecule has 0 aliphatic heterocycles. The van der Waals surface area contributed by atoms with Crippen molar-refractivity contribution in [2.45, 2.75) is 39.5 Å². The van der Waals surface area contributed by atoms with E-state index in [1.165, 1.54) is 16.9 Å². The van der Waals surface area contributed by atoms with Crippen LogP contribution in [0.3, 0.4) is 0 Å². The summed E-state index contributed by atoms with van der Waals surface area (Å²) in [5.74, 6) is 0.865. The minimum atomic E-state index is 0.128. The van der Waals surface area contributed by atoms with Gasteiger partial charge in [-0.25, -0.2) is 0 Å². The van der Waals surface area contributed by atoms with Gasteiger partial charge in [-0.2, -0.15) is 0 Å². The number of aliphatic hydroxyl groups is 1. The zero-order valence-corrected chi connectivity index (χ0v) is 12.6. The first-order chi connectivity index (χ1) is 9.15. The Morgan fingerprint density at radius 1 is 1.58 bits per heavy atom. The molecule has 0 aromatic carbocycles. The Morgan fingerprint density at radius 2 is 2.37 bits per heavy atom. The maximum absolute atomic E-state index is 12.4. The summed E-state index contributed by atoms with van der Waals surface area (Å²) in [7, 11) is 0. The van der Waals surface area contributed by atoms with E-state index in [2.05, 4.69) is 13.0 Å². The number of hydrogen-bond acceptors (Lipinski definition) is 3. The molecular formula is C15H23NO2S. The maximum atomic E-state index is 12.4. The molecule has 1 aromatic heterocycles. The molecule has 106 valence electrons. The van der Waals surface area contributed by atoms with Crippen molar-refractivity contribution in [1.82, 2.24) is 4.90 Å². The van der Waals surface area contributed by atoms with Gasteiger partial charge < -0.3 is 10.0 Å². The average Bonchev–Trinajstić information content (AvgIpc) is 2.82. The first kappa shape index (κ1) is 14.5. The standard InChI is InChI=1S/C15H23NO2S/c1-3-16(7-4-8-17)15(18)14-10-12-9-11(2)5-6-13(12)19-14/h10-11,17H,3-9H2,1-2H3. The molecule has 0 radical (unpaired) electrons. The second-order valence-corrected chi connectivity index (χ2v) is 6.51. The van der Waals surface area contributed by atoms with Crippen LogP contribution in [0, 0.1) is 5.92 Å². The van der Waals surface area contributed by atoms with Crippen molar-refractivity contribution in [1.29, 1.82) is 0 Å².